The van der Waals surface area contributed by atoms with Crippen LogP contribution in [-0.2, 0) is 6.54 Å². The molecule has 1 heterocycles. The molecule has 1 atom stereocenters. The van der Waals surface area contributed by atoms with Crippen molar-refractivity contribution in [3.05, 3.63) is 29.6 Å². The van der Waals surface area contributed by atoms with Gasteiger partial charge in [-0.25, -0.2) is 9.78 Å². The number of imidazole rings is 1. The van der Waals surface area contributed by atoms with Gasteiger partial charge in [0.25, 0.3) is 0 Å². The Morgan fingerprint density at radius 3 is 2.86 bits per heavy atom. The monoisotopic (exact) mass is 288 g/mol. The number of hydrogen-bond acceptors (Lipinski definition) is 3. The number of rotatable bonds is 6. The van der Waals surface area contributed by atoms with Crippen molar-refractivity contribution >= 4 is 17.0 Å². The largest absolute Gasteiger partial charge is 0.478 e. The fraction of sp³-hybridized carbons (Fsp3) is 0.500. The fourth-order valence-corrected chi connectivity index (χ4v) is 2.84. The van der Waals surface area contributed by atoms with E-state index in [1.165, 1.54) is 0 Å². The molecule has 112 valence electrons. The first kappa shape index (κ1) is 14.1. The number of aliphatic hydroxyl groups is 1. The molecule has 3 rings (SSSR count). The summed E-state index contributed by atoms with van der Waals surface area (Å²) in [6, 6.07) is 5.26. The van der Waals surface area contributed by atoms with Gasteiger partial charge in [0, 0.05) is 19.1 Å². The number of nitrogens with zero attached hydrogens (tertiary/aromatic N) is 2. The Morgan fingerprint density at radius 2 is 2.24 bits per heavy atom. The van der Waals surface area contributed by atoms with Crippen LogP contribution in [0.4, 0.5) is 0 Å². The van der Waals surface area contributed by atoms with Gasteiger partial charge in [-0.2, -0.15) is 0 Å². The number of hydrogen-bond donors (Lipinski definition) is 2. The minimum Gasteiger partial charge on any atom is -0.478 e. The maximum absolute atomic E-state index is 11.5. The lowest BCUT2D eigenvalue weighted by Gasteiger charge is -2.15. The molecule has 0 amide bonds. The van der Waals surface area contributed by atoms with E-state index in [1.807, 2.05) is 6.07 Å². The summed E-state index contributed by atoms with van der Waals surface area (Å²) in [5.41, 5.74) is 1.78. The number of aliphatic hydroxyl groups excluding tert-OH is 1. The molecule has 0 spiro atoms. The van der Waals surface area contributed by atoms with Crippen molar-refractivity contribution < 1.29 is 15.0 Å². The zero-order valence-electron chi connectivity index (χ0n) is 12.1. The number of benzene rings is 1. The SMILES string of the molecule is CC(CCO)Cn1c(C2CC2)nc2cccc(C(=O)O)c21. The van der Waals surface area contributed by atoms with E-state index in [9.17, 15) is 9.90 Å². The predicted octanol–water partition coefficient (Wildman–Crippen LogP) is 2.63. The highest BCUT2D eigenvalue weighted by Crippen LogP contribution is 2.41. The Bertz CT molecular complexity index is 673. The molecule has 0 saturated heterocycles. The van der Waals surface area contributed by atoms with Gasteiger partial charge in [0.15, 0.2) is 0 Å². The average Bonchev–Trinajstić information content (AvgIpc) is 3.22. The number of fused-ring (bicyclic) bond motifs is 1. The van der Waals surface area contributed by atoms with Crippen LogP contribution in [0.5, 0.6) is 0 Å². The van der Waals surface area contributed by atoms with E-state index < -0.39 is 5.97 Å². The first-order chi connectivity index (χ1) is 10.1. The van der Waals surface area contributed by atoms with Crippen molar-refractivity contribution in [1.29, 1.82) is 0 Å². The molecular weight excluding hydrogens is 268 g/mol. The molecule has 1 fully saturated rings. The minimum atomic E-state index is -0.918. The first-order valence-electron chi connectivity index (χ1n) is 7.45. The Hall–Kier alpha value is -1.88. The Morgan fingerprint density at radius 1 is 1.48 bits per heavy atom. The molecule has 1 aliphatic rings. The summed E-state index contributed by atoms with van der Waals surface area (Å²) in [7, 11) is 0. The van der Waals surface area contributed by atoms with Gasteiger partial charge < -0.3 is 14.8 Å². The first-order valence-corrected chi connectivity index (χ1v) is 7.45. The Labute approximate surface area is 123 Å². The Balaban J connectivity index is 2.12. The summed E-state index contributed by atoms with van der Waals surface area (Å²) >= 11 is 0. The average molecular weight is 288 g/mol. The Kier molecular flexibility index (Phi) is 3.68. The number of para-hydroxylation sites is 1. The summed E-state index contributed by atoms with van der Waals surface area (Å²) in [5.74, 6) is 0.828. The van der Waals surface area contributed by atoms with Gasteiger partial charge in [-0.15, -0.1) is 0 Å². The van der Waals surface area contributed by atoms with Crippen molar-refractivity contribution in [2.24, 2.45) is 5.92 Å². The van der Waals surface area contributed by atoms with Crippen molar-refractivity contribution in [1.82, 2.24) is 9.55 Å². The molecule has 1 aliphatic carbocycles. The maximum atomic E-state index is 11.5. The van der Waals surface area contributed by atoms with Gasteiger partial charge in [0.1, 0.15) is 5.82 Å². The van der Waals surface area contributed by atoms with Crippen LogP contribution < -0.4 is 0 Å². The van der Waals surface area contributed by atoms with Crippen molar-refractivity contribution in [3.8, 4) is 0 Å². The summed E-state index contributed by atoms with van der Waals surface area (Å²) in [6.45, 7) is 2.92. The number of aromatic carboxylic acids is 1. The van der Waals surface area contributed by atoms with Crippen LogP contribution in [0.3, 0.4) is 0 Å². The van der Waals surface area contributed by atoms with E-state index >= 15 is 0 Å². The third-order valence-electron chi connectivity index (χ3n) is 4.09. The van der Waals surface area contributed by atoms with E-state index in [1.54, 1.807) is 12.1 Å². The van der Waals surface area contributed by atoms with E-state index in [0.29, 0.717) is 24.4 Å². The van der Waals surface area contributed by atoms with E-state index in [-0.39, 0.29) is 12.5 Å². The van der Waals surface area contributed by atoms with Crippen LogP contribution in [-0.4, -0.2) is 32.3 Å². The van der Waals surface area contributed by atoms with Gasteiger partial charge in [0.05, 0.1) is 16.6 Å². The van der Waals surface area contributed by atoms with Crippen molar-refractivity contribution in [2.45, 2.75) is 38.6 Å². The molecule has 1 unspecified atom stereocenters. The van der Waals surface area contributed by atoms with Crippen LogP contribution >= 0.6 is 0 Å². The molecule has 1 saturated carbocycles. The highest BCUT2D eigenvalue weighted by molar-refractivity contribution is 6.01. The van der Waals surface area contributed by atoms with Gasteiger partial charge in [-0.05, 0) is 37.3 Å². The van der Waals surface area contributed by atoms with Crippen molar-refractivity contribution in [2.75, 3.05) is 6.61 Å². The molecule has 5 nitrogen and oxygen atoms in total. The number of aromatic nitrogens is 2. The summed E-state index contributed by atoms with van der Waals surface area (Å²) in [5, 5.41) is 18.5. The van der Waals surface area contributed by atoms with Crippen LogP contribution in [0.1, 0.15) is 48.3 Å². The van der Waals surface area contributed by atoms with Crippen LogP contribution in [0.2, 0.25) is 0 Å². The standard InChI is InChI=1S/C16H20N2O3/c1-10(7-8-19)9-18-14-12(16(20)21)3-2-4-13(14)17-15(18)11-5-6-11/h2-4,10-11,19H,5-9H2,1H3,(H,20,21). The lowest BCUT2D eigenvalue weighted by atomic mass is 10.1. The lowest BCUT2D eigenvalue weighted by Crippen LogP contribution is -2.13. The zero-order valence-corrected chi connectivity index (χ0v) is 12.1. The summed E-state index contributed by atoms with van der Waals surface area (Å²) in [6.07, 6.45) is 2.96. The molecule has 1 aromatic heterocycles. The molecule has 0 radical (unpaired) electrons. The molecular formula is C16H20N2O3. The van der Waals surface area contributed by atoms with Gasteiger partial charge >= 0.3 is 5.97 Å². The quantitative estimate of drug-likeness (QED) is 0.856. The van der Waals surface area contributed by atoms with E-state index in [4.69, 9.17) is 5.11 Å². The number of carboxylic acid groups (broad SMARTS) is 1. The number of carbonyl (C=O) groups is 1. The second kappa shape index (κ2) is 5.48. The predicted molar refractivity (Wildman–Crippen MR) is 79.5 cm³/mol. The maximum Gasteiger partial charge on any atom is 0.337 e. The second-order valence-electron chi connectivity index (χ2n) is 5.95. The number of carboxylic acids is 1. The molecule has 2 aromatic rings. The van der Waals surface area contributed by atoms with E-state index in [0.717, 1.165) is 29.7 Å². The van der Waals surface area contributed by atoms with E-state index in [2.05, 4.69) is 16.5 Å². The van der Waals surface area contributed by atoms with Crippen LogP contribution in [0.15, 0.2) is 18.2 Å². The lowest BCUT2D eigenvalue weighted by molar-refractivity contribution is 0.0698. The van der Waals surface area contributed by atoms with Gasteiger partial charge in [0.2, 0.25) is 0 Å². The highest BCUT2D eigenvalue weighted by atomic mass is 16.4. The smallest absolute Gasteiger partial charge is 0.337 e. The third-order valence-corrected chi connectivity index (χ3v) is 4.09. The summed E-state index contributed by atoms with van der Waals surface area (Å²) in [4.78, 5) is 16.2. The van der Waals surface area contributed by atoms with Crippen molar-refractivity contribution in [3.63, 3.8) is 0 Å². The summed E-state index contributed by atoms with van der Waals surface area (Å²) < 4.78 is 2.07. The molecule has 21 heavy (non-hydrogen) atoms. The second-order valence-corrected chi connectivity index (χ2v) is 5.95. The van der Waals surface area contributed by atoms with Gasteiger partial charge in [-0.3, -0.25) is 0 Å². The molecule has 2 N–H and O–H groups in total. The highest BCUT2D eigenvalue weighted by Gasteiger charge is 2.31. The fourth-order valence-electron chi connectivity index (χ4n) is 2.84. The van der Waals surface area contributed by atoms with Crippen LogP contribution in [0.25, 0.3) is 11.0 Å². The molecule has 0 aliphatic heterocycles. The topological polar surface area (TPSA) is 75.3 Å². The minimum absolute atomic E-state index is 0.151. The van der Waals surface area contributed by atoms with Gasteiger partial charge in [-0.1, -0.05) is 13.0 Å². The molecule has 5 heteroatoms. The molecule has 1 aromatic carbocycles. The third kappa shape index (κ3) is 2.65. The molecule has 0 bridgehead atoms. The van der Waals surface area contributed by atoms with Crippen LogP contribution in [0, 0.1) is 5.92 Å². The zero-order chi connectivity index (χ0) is 15.0. The normalized spacial score (nSPS) is 16.3.